The number of amides is 3. The van der Waals surface area contributed by atoms with Gasteiger partial charge >= 0.3 is 5.97 Å². The van der Waals surface area contributed by atoms with Crippen LogP contribution < -0.4 is 16.4 Å². The molecule has 0 aliphatic carbocycles. The summed E-state index contributed by atoms with van der Waals surface area (Å²) in [5.41, 5.74) is 5.45. The molecule has 10 heteroatoms. The van der Waals surface area contributed by atoms with Gasteiger partial charge in [-0.05, 0) is 26.7 Å². The number of carboxylic acids is 1. The Morgan fingerprint density at radius 2 is 1.88 bits per heavy atom. The molecule has 4 unspecified atom stereocenters. The Morgan fingerprint density at radius 1 is 1.25 bits per heavy atom. The van der Waals surface area contributed by atoms with Crippen molar-refractivity contribution >= 4 is 23.7 Å². The zero-order valence-corrected chi connectivity index (χ0v) is 13.7. The Labute approximate surface area is 139 Å². The third-order valence-corrected chi connectivity index (χ3v) is 3.85. The van der Waals surface area contributed by atoms with Crippen LogP contribution in [-0.2, 0) is 19.2 Å². The first-order valence-corrected chi connectivity index (χ1v) is 7.69. The number of carbonyl (C=O) groups excluding carboxylic acids is 3. The molecule has 3 amide bonds. The van der Waals surface area contributed by atoms with Crippen LogP contribution in [0.1, 0.15) is 26.7 Å². The van der Waals surface area contributed by atoms with Crippen molar-refractivity contribution < 1.29 is 29.4 Å². The summed E-state index contributed by atoms with van der Waals surface area (Å²) in [7, 11) is 0. The molecule has 0 spiro atoms. The van der Waals surface area contributed by atoms with E-state index in [-0.39, 0.29) is 6.54 Å². The van der Waals surface area contributed by atoms with Gasteiger partial charge in [0.25, 0.3) is 0 Å². The molecule has 4 atom stereocenters. The van der Waals surface area contributed by atoms with Gasteiger partial charge in [0.1, 0.15) is 18.1 Å². The Bertz CT molecular complexity index is 509. The summed E-state index contributed by atoms with van der Waals surface area (Å²) in [5, 5.41) is 22.9. The molecule has 6 N–H and O–H groups in total. The van der Waals surface area contributed by atoms with E-state index < -0.39 is 47.9 Å². The summed E-state index contributed by atoms with van der Waals surface area (Å²) in [6, 6.07) is -2.98. The zero-order chi connectivity index (χ0) is 18.4. The summed E-state index contributed by atoms with van der Waals surface area (Å²) >= 11 is 0. The number of aliphatic hydroxyl groups excluding tert-OH is 1. The van der Waals surface area contributed by atoms with Crippen molar-refractivity contribution in [1.29, 1.82) is 0 Å². The number of likely N-dealkylation sites (tertiary alicyclic amines) is 1. The van der Waals surface area contributed by atoms with Crippen LogP contribution in [0.25, 0.3) is 0 Å². The largest absolute Gasteiger partial charge is 0.480 e. The van der Waals surface area contributed by atoms with Crippen molar-refractivity contribution in [3.63, 3.8) is 0 Å². The van der Waals surface area contributed by atoms with E-state index in [1.165, 1.54) is 18.7 Å². The molecule has 0 bridgehead atoms. The van der Waals surface area contributed by atoms with Crippen LogP contribution in [-0.4, -0.2) is 76.1 Å². The average Bonchev–Trinajstić information content (AvgIpc) is 3.00. The molecule has 136 valence electrons. The number of nitrogens with one attached hydrogen (secondary N) is 2. The van der Waals surface area contributed by atoms with Gasteiger partial charge in [0.05, 0.1) is 12.6 Å². The predicted octanol–water partition coefficient (Wildman–Crippen LogP) is -2.61. The minimum absolute atomic E-state index is 0.335. The molecule has 0 aromatic rings. The second-order valence-corrected chi connectivity index (χ2v) is 5.80. The van der Waals surface area contributed by atoms with E-state index in [1.54, 1.807) is 0 Å². The van der Waals surface area contributed by atoms with E-state index in [1.807, 2.05) is 0 Å². The highest BCUT2D eigenvalue weighted by molar-refractivity contribution is 5.92. The van der Waals surface area contributed by atoms with Crippen LogP contribution in [0, 0.1) is 0 Å². The van der Waals surface area contributed by atoms with E-state index in [9.17, 15) is 24.3 Å². The lowest BCUT2D eigenvalue weighted by Crippen LogP contribution is -2.54. The molecule has 0 aromatic carbocycles. The second kappa shape index (κ2) is 8.60. The first kappa shape index (κ1) is 19.8. The monoisotopic (exact) mass is 344 g/mol. The lowest BCUT2D eigenvalue weighted by atomic mass is 10.1. The Kier molecular flexibility index (Phi) is 7.11. The summed E-state index contributed by atoms with van der Waals surface area (Å²) < 4.78 is 0. The van der Waals surface area contributed by atoms with E-state index in [4.69, 9.17) is 10.8 Å². The predicted molar refractivity (Wildman–Crippen MR) is 82.6 cm³/mol. The van der Waals surface area contributed by atoms with Gasteiger partial charge in [-0.2, -0.15) is 0 Å². The van der Waals surface area contributed by atoms with Crippen molar-refractivity contribution in [1.82, 2.24) is 15.5 Å². The van der Waals surface area contributed by atoms with Gasteiger partial charge in [0, 0.05) is 6.54 Å². The third kappa shape index (κ3) is 5.17. The van der Waals surface area contributed by atoms with E-state index in [0.717, 1.165) is 0 Å². The van der Waals surface area contributed by atoms with Gasteiger partial charge in [-0.25, -0.2) is 4.79 Å². The number of carboxylic acid groups (broad SMARTS) is 1. The number of hydrogen-bond donors (Lipinski definition) is 5. The molecule has 10 nitrogen and oxygen atoms in total. The minimum Gasteiger partial charge on any atom is -0.480 e. The molecule has 1 aliphatic rings. The number of nitrogens with zero attached hydrogens (tertiary/aromatic N) is 1. The van der Waals surface area contributed by atoms with Crippen molar-refractivity contribution in [2.75, 3.05) is 13.1 Å². The molecule has 0 aromatic heterocycles. The molecule has 1 saturated heterocycles. The van der Waals surface area contributed by atoms with Crippen LogP contribution in [0.2, 0.25) is 0 Å². The van der Waals surface area contributed by atoms with E-state index in [2.05, 4.69) is 10.6 Å². The van der Waals surface area contributed by atoms with E-state index >= 15 is 0 Å². The molecule has 1 rings (SSSR count). The van der Waals surface area contributed by atoms with Crippen molar-refractivity contribution in [3.8, 4) is 0 Å². The van der Waals surface area contributed by atoms with Gasteiger partial charge in [0.15, 0.2) is 0 Å². The molecule has 24 heavy (non-hydrogen) atoms. The molecule has 0 radical (unpaired) electrons. The zero-order valence-electron chi connectivity index (χ0n) is 13.7. The lowest BCUT2D eigenvalue weighted by molar-refractivity contribution is -0.148. The first-order chi connectivity index (χ1) is 11.1. The van der Waals surface area contributed by atoms with Crippen LogP contribution in [0.15, 0.2) is 0 Å². The van der Waals surface area contributed by atoms with Gasteiger partial charge < -0.3 is 31.5 Å². The van der Waals surface area contributed by atoms with E-state index in [0.29, 0.717) is 19.4 Å². The summed E-state index contributed by atoms with van der Waals surface area (Å²) in [4.78, 5) is 47.8. The Balaban J connectivity index is 2.46. The summed E-state index contributed by atoms with van der Waals surface area (Å²) in [6.07, 6.45) is -0.0797. The fourth-order valence-corrected chi connectivity index (χ4v) is 2.33. The fraction of sp³-hybridized carbons (Fsp3) is 0.714. The fourth-order valence-electron chi connectivity index (χ4n) is 2.33. The number of aliphatic hydroxyl groups is 1. The minimum atomic E-state index is -1.16. The van der Waals surface area contributed by atoms with Gasteiger partial charge in [-0.15, -0.1) is 0 Å². The van der Waals surface area contributed by atoms with Crippen LogP contribution in [0.5, 0.6) is 0 Å². The maximum atomic E-state index is 12.0. The average molecular weight is 344 g/mol. The molecule has 1 heterocycles. The summed E-state index contributed by atoms with van der Waals surface area (Å²) in [5.74, 6) is -2.86. The standard InChI is InChI=1S/C14H24N4O6/c1-7(17-13(22)11(15)8(2)19)12(21)16-6-10(20)18-5-3-4-9(18)14(23)24/h7-9,11,19H,3-6,15H2,1-2H3,(H,16,21)(H,17,22)(H,23,24). The quantitative estimate of drug-likeness (QED) is 0.338. The van der Waals surface area contributed by atoms with Gasteiger partial charge in [-0.1, -0.05) is 0 Å². The van der Waals surface area contributed by atoms with Crippen LogP contribution in [0.4, 0.5) is 0 Å². The lowest BCUT2D eigenvalue weighted by Gasteiger charge is -2.22. The Morgan fingerprint density at radius 3 is 2.42 bits per heavy atom. The number of carbonyl (C=O) groups is 4. The highest BCUT2D eigenvalue weighted by Gasteiger charge is 2.34. The number of nitrogens with two attached hydrogens (primary N) is 1. The second-order valence-electron chi connectivity index (χ2n) is 5.80. The highest BCUT2D eigenvalue weighted by Crippen LogP contribution is 2.17. The number of aliphatic carboxylic acids is 1. The SMILES string of the molecule is CC(NC(=O)C(N)C(C)O)C(=O)NCC(=O)N1CCCC1C(=O)O. The van der Waals surface area contributed by atoms with Crippen molar-refractivity contribution in [2.45, 2.75) is 50.9 Å². The van der Waals surface area contributed by atoms with Crippen LogP contribution in [0.3, 0.4) is 0 Å². The number of rotatable bonds is 7. The smallest absolute Gasteiger partial charge is 0.326 e. The topological polar surface area (TPSA) is 162 Å². The third-order valence-electron chi connectivity index (χ3n) is 3.85. The van der Waals surface area contributed by atoms with Crippen molar-refractivity contribution in [3.05, 3.63) is 0 Å². The first-order valence-electron chi connectivity index (χ1n) is 7.69. The normalized spacial score (nSPS) is 20.8. The van der Waals surface area contributed by atoms with Crippen LogP contribution >= 0.6 is 0 Å². The van der Waals surface area contributed by atoms with Crippen molar-refractivity contribution in [2.24, 2.45) is 5.73 Å². The van der Waals surface area contributed by atoms with Gasteiger partial charge in [0.2, 0.25) is 17.7 Å². The van der Waals surface area contributed by atoms with Gasteiger partial charge in [-0.3, -0.25) is 14.4 Å². The highest BCUT2D eigenvalue weighted by atomic mass is 16.4. The Hall–Kier alpha value is -2.20. The molecular formula is C14H24N4O6. The maximum absolute atomic E-state index is 12.0. The molecular weight excluding hydrogens is 320 g/mol. The molecule has 1 aliphatic heterocycles. The molecule has 1 fully saturated rings. The maximum Gasteiger partial charge on any atom is 0.326 e. The number of hydrogen-bond acceptors (Lipinski definition) is 6. The summed E-state index contributed by atoms with van der Waals surface area (Å²) in [6.45, 7) is 2.73. The molecule has 0 saturated carbocycles.